The van der Waals surface area contributed by atoms with Gasteiger partial charge in [0.2, 0.25) is 0 Å². The van der Waals surface area contributed by atoms with Gasteiger partial charge in [0.05, 0.1) is 20.3 Å². The minimum absolute atomic E-state index is 0.151. The molecule has 0 bridgehead atoms. The van der Waals surface area contributed by atoms with Crippen LogP contribution >= 0.6 is 11.3 Å². The van der Waals surface area contributed by atoms with Gasteiger partial charge in [-0.3, -0.25) is 4.90 Å². The van der Waals surface area contributed by atoms with Crippen LogP contribution < -0.4 is 14.8 Å². The van der Waals surface area contributed by atoms with Crippen molar-refractivity contribution >= 4 is 21.4 Å². The van der Waals surface area contributed by atoms with Crippen LogP contribution in [0, 0.1) is 0 Å². The summed E-state index contributed by atoms with van der Waals surface area (Å²) >= 11 is 1.81. The number of ether oxygens (including phenoxy) is 2. The average Bonchev–Trinajstić information content (AvgIpc) is 3.13. The maximum atomic E-state index is 5.73. The zero-order chi connectivity index (χ0) is 17.9. The Labute approximate surface area is 158 Å². The van der Waals surface area contributed by atoms with Crippen LogP contribution in [0.4, 0.5) is 0 Å². The lowest BCUT2D eigenvalue weighted by atomic mass is 9.95. The van der Waals surface area contributed by atoms with Gasteiger partial charge in [-0.15, -0.1) is 11.3 Å². The largest absolute Gasteiger partial charge is 0.497 e. The molecule has 1 unspecified atom stereocenters. The molecule has 1 N–H and O–H groups in total. The molecule has 3 aromatic rings. The van der Waals surface area contributed by atoms with E-state index in [4.69, 9.17) is 9.47 Å². The van der Waals surface area contributed by atoms with Gasteiger partial charge < -0.3 is 14.8 Å². The molecule has 26 heavy (non-hydrogen) atoms. The molecule has 0 spiro atoms. The fourth-order valence-corrected chi connectivity index (χ4v) is 4.74. The summed E-state index contributed by atoms with van der Waals surface area (Å²) in [6.07, 6.45) is 0. The first-order valence-electron chi connectivity index (χ1n) is 8.94. The topological polar surface area (TPSA) is 33.7 Å². The van der Waals surface area contributed by atoms with Gasteiger partial charge in [0.25, 0.3) is 0 Å². The lowest BCUT2D eigenvalue weighted by Gasteiger charge is -2.36. The summed E-state index contributed by atoms with van der Waals surface area (Å²) in [5.41, 5.74) is 2.51. The second kappa shape index (κ2) is 7.66. The number of rotatable bonds is 5. The number of hydrogen-bond donors (Lipinski definition) is 1. The number of hydrogen-bond acceptors (Lipinski definition) is 5. The Hall–Kier alpha value is -2.08. The van der Waals surface area contributed by atoms with Crippen LogP contribution in [0.25, 0.3) is 10.1 Å². The monoisotopic (exact) mass is 368 g/mol. The SMILES string of the molecule is COc1ccc(OC)c(C(c2csc3ccccc23)N2CCNCC2)c1. The zero-order valence-electron chi connectivity index (χ0n) is 15.2. The molecule has 4 nitrogen and oxygen atoms in total. The first-order chi connectivity index (χ1) is 12.8. The maximum absolute atomic E-state index is 5.73. The lowest BCUT2D eigenvalue weighted by Crippen LogP contribution is -2.45. The Bertz CT molecular complexity index is 887. The molecule has 1 saturated heterocycles. The summed E-state index contributed by atoms with van der Waals surface area (Å²) in [6.45, 7) is 4.03. The Balaban J connectivity index is 1.89. The van der Waals surface area contributed by atoms with Crippen molar-refractivity contribution in [1.29, 1.82) is 0 Å². The fraction of sp³-hybridized carbons (Fsp3) is 0.333. The predicted molar refractivity (Wildman–Crippen MR) is 108 cm³/mol. The van der Waals surface area contributed by atoms with Crippen LogP contribution in [0.2, 0.25) is 0 Å². The van der Waals surface area contributed by atoms with Crippen molar-refractivity contribution in [2.45, 2.75) is 6.04 Å². The molecule has 1 fully saturated rings. The summed E-state index contributed by atoms with van der Waals surface area (Å²) in [4.78, 5) is 2.54. The molecular formula is C21H24N2O2S. The number of fused-ring (bicyclic) bond motifs is 1. The van der Waals surface area contributed by atoms with Crippen molar-refractivity contribution in [1.82, 2.24) is 10.2 Å². The summed E-state index contributed by atoms with van der Waals surface area (Å²) in [7, 11) is 3.46. The number of thiophene rings is 1. The van der Waals surface area contributed by atoms with Gasteiger partial charge >= 0.3 is 0 Å². The minimum Gasteiger partial charge on any atom is -0.497 e. The van der Waals surface area contributed by atoms with Crippen molar-refractivity contribution in [2.24, 2.45) is 0 Å². The normalized spacial score (nSPS) is 16.5. The van der Waals surface area contributed by atoms with Crippen molar-refractivity contribution < 1.29 is 9.47 Å². The molecule has 1 aliphatic heterocycles. The Morgan fingerprint density at radius 3 is 2.58 bits per heavy atom. The van der Waals surface area contributed by atoms with Gasteiger partial charge in [0.15, 0.2) is 0 Å². The molecule has 2 aromatic carbocycles. The van der Waals surface area contributed by atoms with E-state index in [2.05, 4.69) is 45.9 Å². The molecule has 0 saturated carbocycles. The van der Waals surface area contributed by atoms with E-state index in [0.29, 0.717) is 0 Å². The summed E-state index contributed by atoms with van der Waals surface area (Å²) in [6, 6.07) is 14.9. The Kier molecular flexibility index (Phi) is 5.11. The first-order valence-corrected chi connectivity index (χ1v) is 9.82. The van der Waals surface area contributed by atoms with Gasteiger partial charge in [0, 0.05) is 36.4 Å². The molecule has 1 atom stereocenters. The number of methoxy groups -OCH3 is 2. The number of nitrogens with zero attached hydrogens (tertiary/aromatic N) is 1. The molecule has 5 heteroatoms. The van der Waals surface area contributed by atoms with E-state index in [1.807, 2.05) is 23.5 Å². The van der Waals surface area contributed by atoms with E-state index >= 15 is 0 Å². The standard InChI is InChI=1S/C21H24N2O2S/c1-24-15-7-8-19(25-2)17(13-15)21(23-11-9-22-10-12-23)18-14-26-20-6-4-3-5-16(18)20/h3-8,13-14,21-22H,9-12H2,1-2H3. The van der Waals surface area contributed by atoms with E-state index in [1.165, 1.54) is 15.6 Å². The zero-order valence-corrected chi connectivity index (χ0v) is 16.0. The lowest BCUT2D eigenvalue weighted by molar-refractivity contribution is 0.196. The van der Waals surface area contributed by atoms with Crippen LogP contribution in [0.3, 0.4) is 0 Å². The Morgan fingerprint density at radius 2 is 1.81 bits per heavy atom. The molecule has 4 rings (SSSR count). The van der Waals surface area contributed by atoms with Crippen LogP contribution in [0.15, 0.2) is 47.8 Å². The van der Waals surface area contributed by atoms with E-state index in [9.17, 15) is 0 Å². The highest BCUT2D eigenvalue weighted by Crippen LogP contribution is 2.41. The third-order valence-corrected chi connectivity index (χ3v) is 6.04. The van der Waals surface area contributed by atoms with Crippen LogP contribution in [0.1, 0.15) is 17.2 Å². The molecule has 0 amide bonds. The molecule has 1 aliphatic rings. The van der Waals surface area contributed by atoms with Crippen LogP contribution in [0.5, 0.6) is 11.5 Å². The molecule has 0 aliphatic carbocycles. The Morgan fingerprint density at radius 1 is 1.00 bits per heavy atom. The number of piperazine rings is 1. The van der Waals surface area contributed by atoms with Crippen LogP contribution in [-0.2, 0) is 0 Å². The van der Waals surface area contributed by atoms with Gasteiger partial charge in [-0.2, -0.15) is 0 Å². The second-order valence-corrected chi connectivity index (χ2v) is 7.39. The maximum Gasteiger partial charge on any atom is 0.124 e. The van der Waals surface area contributed by atoms with Gasteiger partial charge in [-0.05, 0) is 40.6 Å². The highest BCUT2D eigenvalue weighted by Gasteiger charge is 2.29. The quantitative estimate of drug-likeness (QED) is 0.740. The summed E-state index contributed by atoms with van der Waals surface area (Å²) < 4.78 is 12.6. The minimum atomic E-state index is 0.151. The van der Waals surface area contributed by atoms with Crippen molar-refractivity contribution in [3.8, 4) is 11.5 Å². The molecular weight excluding hydrogens is 344 g/mol. The van der Waals surface area contributed by atoms with E-state index < -0.39 is 0 Å². The average molecular weight is 369 g/mol. The third kappa shape index (κ3) is 3.18. The van der Waals surface area contributed by atoms with Crippen LogP contribution in [-0.4, -0.2) is 45.3 Å². The highest BCUT2D eigenvalue weighted by atomic mass is 32.1. The number of benzene rings is 2. The predicted octanol–water partition coefficient (Wildman–Crippen LogP) is 3.91. The number of nitrogens with one attached hydrogen (secondary N) is 1. The second-order valence-electron chi connectivity index (χ2n) is 6.48. The van der Waals surface area contributed by atoms with Gasteiger partial charge in [-0.1, -0.05) is 18.2 Å². The summed E-state index contributed by atoms with van der Waals surface area (Å²) in [5, 5.41) is 7.09. The van der Waals surface area contributed by atoms with Crippen molar-refractivity contribution in [2.75, 3.05) is 40.4 Å². The molecule has 0 radical (unpaired) electrons. The van der Waals surface area contributed by atoms with E-state index in [0.717, 1.165) is 43.2 Å². The van der Waals surface area contributed by atoms with E-state index in [1.54, 1.807) is 14.2 Å². The molecule has 1 aromatic heterocycles. The van der Waals surface area contributed by atoms with Gasteiger partial charge in [-0.25, -0.2) is 0 Å². The highest BCUT2D eigenvalue weighted by molar-refractivity contribution is 7.17. The van der Waals surface area contributed by atoms with Gasteiger partial charge in [0.1, 0.15) is 11.5 Å². The third-order valence-electron chi connectivity index (χ3n) is 5.05. The van der Waals surface area contributed by atoms with Crippen molar-refractivity contribution in [3.63, 3.8) is 0 Å². The molecule has 136 valence electrons. The summed E-state index contributed by atoms with van der Waals surface area (Å²) in [5.74, 6) is 1.77. The molecule has 2 heterocycles. The fourth-order valence-electron chi connectivity index (χ4n) is 3.76. The first kappa shape index (κ1) is 17.3. The van der Waals surface area contributed by atoms with E-state index in [-0.39, 0.29) is 6.04 Å². The van der Waals surface area contributed by atoms with Crippen molar-refractivity contribution in [3.05, 3.63) is 59.0 Å². The smallest absolute Gasteiger partial charge is 0.124 e.